The molecule has 22 heavy (non-hydrogen) atoms. The Morgan fingerprint density at radius 1 is 1.41 bits per heavy atom. The molecule has 0 atom stereocenters. The van der Waals surface area contributed by atoms with Gasteiger partial charge in [-0.15, -0.1) is 0 Å². The topological polar surface area (TPSA) is 110 Å². The molecule has 0 amide bonds. The summed E-state index contributed by atoms with van der Waals surface area (Å²) in [4.78, 5) is 39.9. The summed E-state index contributed by atoms with van der Waals surface area (Å²) in [5, 5.41) is 0. The molecule has 1 aromatic rings. The number of Topliss-reactive ketones (excluding diaryl/α,β-unsaturated/α-hetero) is 1. The highest BCUT2D eigenvalue weighted by Crippen LogP contribution is 2.06. The quantitative estimate of drug-likeness (QED) is 0.605. The zero-order valence-electron chi connectivity index (χ0n) is 13.3. The van der Waals surface area contributed by atoms with Gasteiger partial charge in [0.25, 0.3) is 5.56 Å². The first kappa shape index (κ1) is 18.1. The van der Waals surface area contributed by atoms with E-state index in [2.05, 4.69) is 11.9 Å². The lowest BCUT2D eigenvalue weighted by atomic mass is 10.1. The Hall–Kier alpha value is -1.93. The summed E-state index contributed by atoms with van der Waals surface area (Å²) in [6, 6.07) is 0. The van der Waals surface area contributed by atoms with Gasteiger partial charge in [0.1, 0.15) is 11.4 Å². The molecule has 0 aliphatic heterocycles. The number of ketones is 1. The maximum absolute atomic E-state index is 12.3. The van der Waals surface area contributed by atoms with Crippen LogP contribution in [0.4, 0.5) is 5.82 Å². The fourth-order valence-corrected chi connectivity index (χ4v) is 2.09. The Morgan fingerprint density at radius 2 is 2.09 bits per heavy atom. The van der Waals surface area contributed by atoms with E-state index in [9.17, 15) is 14.4 Å². The molecule has 0 spiro atoms. The number of carbonyl (C=O) groups is 1. The van der Waals surface area contributed by atoms with Crippen molar-refractivity contribution in [1.29, 1.82) is 0 Å². The van der Waals surface area contributed by atoms with Gasteiger partial charge in [-0.3, -0.25) is 24.0 Å². The Labute approximate surface area is 128 Å². The summed E-state index contributed by atoms with van der Waals surface area (Å²) in [5.74, 6) is -0.511. The van der Waals surface area contributed by atoms with E-state index < -0.39 is 17.0 Å². The Balaban J connectivity index is 3.05. The van der Waals surface area contributed by atoms with Crippen molar-refractivity contribution < 1.29 is 9.53 Å². The number of nitrogens with zero attached hydrogens (tertiary/aromatic N) is 2. The largest absolute Gasteiger partial charge is 0.384 e. The number of aromatic nitrogens is 2. The summed E-state index contributed by atoms with van der Waals surface area (Å²) in [6.45, 7) is 3.31. The molecular weight excluding hydrogens is 288 g/mol. The highest BCUT2D eigenvalue weighted by molar-refractivity contribution is 6.01. The third-order valence-corrected chi connectivity index (χ3v) is 3.34. The highest BCUT2D eigenvalue weighted by Gasteiger charge is 2.20. The molecule has 3 N–H and O–H groups in total. The number of H-pyrrole nitrogens is 1. The smallest absolute Gasteiger partial charge is 0.330 e. The number of methoxy groups -OCH3 is 1. The third-order valence-electron chi connectivity index (χ3n) is 3.34. The summed E-state index contributed by atoms with van der Waals surface area (Å²) < 4.78 is 6.04. The Bertz CT molecular complexity index is 620. The molecule has 0 aliphatic rings. The lowest BCUT2D eigenvalue weighted by Crippen LogP contribution is -2.39. The zero-order chi connectivity index (χ0) is 16.7. The molecule has 8 heteroatoms. The number of nitrogens with two attached hydrogens (primary N) is 1. The summed E-state index contributed by atoms with van der Waals surface area (Å²) in [6.07, 6.45) is 1.98. The monoisotopic (exact) mass is 312 g/mol. The van der Waals surface area contributed by atoms with Crippen LogP contribution in [0.5, 0.6) is 0 Å². The van der Waals surface area contributed by atoms with E-state index in [1.165, 1.54) is 7.11 Å². The van der Waals surface area contributed by atoms with E-state index in [-0.39, 0.29) is 31.1 Å². The van der Waals surface area contributed by atoms with Crippen molar-refractivity contribution >= 4 is 11.6 Å². The third kappa shape index (κ3) is 4.54. The van der Waals surface area contributed by atoms with Gasteiger partial charge >= 0.3 is 5.69 Å². The summed E-state index contributed by atoms with van der Waals surface area (Å²) in [7, 11) is 3.29. The van der Waals surface area contributed by atoms with Crippen molar-refractivity contribution in [1.82, 2.24) is 14.5 Å². The number of unbranched alkanes of at least 4 members (excludes halogenated alkanes) is 1. The van der Waals surface area contributed by atoms with Gasteiger partial charge in [-0.1, -0.05) is 13.3 Å². The van der Waals surface area contributed by atoms with Crippen LogP contribution in [0.15, 0.2) is 9.59 Å². The number of carbonyl (C=O) groups excluding carboxylic acids is 1. The number of aromatic amines is 1. The number of ether oxygens (including phenoxy) is 1. The van der Waals surface area contributed by atoms with Crippen molar-refractivity contribution in [3.8, 4) is 0 Å². The molecule has 0 unspecified atom stereocenters. The second-order valence-corrected chi connectivity index (χ2v) is 5.18. The van der Waals surface area contributed by atoms with E-state index in [4.69, 9.17) is 10.5 Å². The second kappa shape index (κ2) is 8.50. The summed E-state index contributed by atoms with van der Waals surface area (Å²) in [5.41, 5.74) is 4.29. The van der Waals surface area contributed by atoms with Gasteiger partial charge in [0.05, 0.1) is 19.7 Å². The number of likely N-dealkylation sites (N-methyl/N-ethyl adjacent to an activating group) is 1. The minimum absolute atomic E-state index is 0.0791. The number of nitrogen functional groups attached to an aromatic ring is 1. The van der Waals surface area contributed by atoms with Crippen LogP contribution in [0.1, 0.15) is 30.1 Å². The molecule has 0 saturated carbocycles. The Kier molecular flexibility index (Phi) is 7.00. The maximum Gasteiger partial charge on any atom is 0.330 e. The van der Waals surface area contributed by atoms with Crippen LogP contribution < -0.4 is 17.0 Å². The van der Waals surface area contributed by atoms with Crippen molar-refractivity contribution in [2.75, 3.05) is 39.6 Å². The molecule has 1 rings (SSSR count). The van der Waals surface area contributed by atoms with Gasteiger partial charge in [0.15, 0.2) is 5.78 Å². The van der Waals surface area contributed by atoms with Crippen LogP contribution in [0.25, 0.3) is 0 Å². The molecule has 0 fully saturated rings. The zero-order valence-corrected chi connectivity index (χ0v) is 13.3. The number of rotatable bonds is 9. The number of nitrogens with one attached hydrogen (secondary N) is 1. The van der Waals surface area contributed by atoms with Gasteiger partial charge in [-0.2, -0.15) is 0 Å². The molecule has 0 aliphatic carbocycles. The second-order valence-electron chi connectivity index (χ2n) is 5.18. The number of anilines is 1. The van der Waals surface area contributed by atoms with Crippen LogP contribution in [-0.2, 0) is 11.3 Å². The van der Waals surface area contributed by atoms with Crippen molar-refractivity contribution in [2.24, 2.45) is 0 Å². The number of hydrogen-bond acceptors (Lipinski definition) is 6. The van der Waals surface area contributed by atoms with Gasteiger partial charge < -0.3 is 10.5 Å². The van der Waals surface area contributed by atoms with Crippen LogP contribution in [-0.4, -0.2) is 54.1 Å². The minimum Gasteiger partial charge on any atom is -0.384 e. The minimum atomic E-state index is -0.745. The first-order valence-electron chi connectivity index (χ1n) is 7.25. The predicted molar refractivity (Wildman–Crippen MR) is 84.3 cm³/mol. The van der Waals surface area contributed by atoms with E-state index in [0.29, 0.717) is 0 Å². The molecule has 0 radical (unpaired) electrons. The van der Waals surface area contributed by atoms with Gasteiger partial charge in [-0.25, -0.2) is 4.79 Å². The highest BCUT2D eigenvalue weighted by atomic mass is 16.5. The SMILES string of the molecule is CCCCN(C)CC(=O)c1c(N)n(CCOC)c(=O)[nH]c1=O. The van der Waals surface area contributed by atoms with Gasteiger partial charge in [0.2, 0.25) is 0 Å². The van der Waals surface area contributed by atoms with Crippen molar-refractivity contribution in [2.45, 2.75) is 26.3 Å². The van der Waals surface area contributed by atoms with E-state index >= 15 is 0 Å². The van der Waals surface area contributed by atoms with Crippen LogP contribution in [0, 0.1) is 0 Å². The maximum atomic E-state index is 12.3. The fourth-order valence-electron chi connectivity index (χ4n) is 2.09. The first-order valence-corrected chi connectivity index (χ1v) is 7.25. The Morgan fingerprint density at radius 3 is 2.68 bits per heavy atom. The molecule has 124 valence electrons. The molecular formula is C14H24N4O4. The molecule has 0 bridgehead atoms. The lowest BCUT2D eigenvalue weighted by molar-refractivity contribution is 0.0944. The summed E-state index contributed by atoms with van der Waals surface area (Å²) >= 11 is 0. The van der Waals surface area contributed by atoms with Crippen LogP contribution in [0.3, 0.4) is 0 Å². The predicted octanol–water partition coefficient (Wildman–Crippen LogP) is -0.320. The average Bonchev–Trinajstić information content (AvgIpc) is 2.44. The fraction of sp³-hybridized carbons (Fsp3) is 0.643. The van der Waals surface area contributed by atoms with Crippen molar-refractivity contribution in [3.05, 3.63) is 26.4 Å². The molecule has 1 heterocycles. The van der Waals surface area contributed by atoms with E-state index in [0.717, 1.165) is 24.0 Å². The van der Waals surface area contributed by atoms with Crippen LogP contribution >= 0.6 is 0 Å². The van der Waals surface area contributed by atoms with Crippen LogP contribution in [0.2, 0.25) is 0 Å². The number of hydrogen-bond donors (Lipinski definition) is 2. The molecule has 8 nitrogen and oxygen atoms in total. The van der Waals surface area contributed by atoms with E-state index in [1.54, 1.807) is 7.05 Å². The van der Waals surface area contributed by atoms with Gasteiger partial charge in [-0.05, 0) is 20.0 Å². The van der Waals surface area contributed by atoms with Crippen molar-refractivity contribution in [3.63, 3.8) is 0 Å². The van der Waals surface area contributed by atoms with Gasteiger partial charge in [0, 0.05) is 7.11 Å². The first-order chi connectivity index (χ1) is 10.4. The van der Waals surface area contributed by atoms with E-state index in [1.807, 2.05) is 4.90 Å². The lowest BCUT2D eigenvalue weighted by Gasteiger charge is -2.16. The molecule has 0 aromatic carbocycles. The normalized spacial score (nSPS) is 11.1. The average molecular weight is 312 g/mol. The molecule has 0 saturated heterocycles. The molecule has 1 aromatic heterocycles. The standard InChI is InChI=1S/C14H24N4O4/c1-4-5-6-17(2)9-10(19)11-12(15)18(7-8-22-3)14(21)16-13(11)20/h4-9,15H2,1-3H3,(H,16,20,21).